The molecule has 1 aliphatic heterocycles. The fourth-order valence-electron chi connectivity index (χ4n) is 3.19. The first kappa shape index (κ1) is 15.7. The predicted octanol–water partition coefficient (Wildman–Crippen LogP) is 2.00. The van der Waals surface area contributed by atoms with Crippen molar-refractivity contribution in [2.24, 2.45) is 0 Å². The van der Waals surface area contributed by atoms with E-state index in [1.54, 1.807) is 12.4 Å². The average molecular weight is 313 g/mol. The van der Waals surface area contributed by atoms with Crippen LogP contribution in [-0.4, -0.2) is 44.7 Å². The Bertz CT molecular complexity index is 667. The fraction of sp³-hybridized carbons (Fsp3) is 0.471. The number of nitrogens with one attached hydrogen (secondary N) is 1. The molecule has 6 heteroatoms. The Labute approximate surface area is 136 Å². The van der Waals surface area contributed by atoms with Crippen LogP contribution in [0, 0.1) is 13.8 Å². The van der Waals surface area contributed by atoms with Gasteiger partial charge in [0.05, 0.1) is 30.7 Å². The van der Waals surface area contributed by atoms with Crippen molar-refractivity contribution < 1.29 is 4.79 Å². The van der Waals surface area contributed by atoms with Crippen LogP contribution in [0.15, 0.2) is 30.6 Å². The Morgan fingerprint density at radius 3 is 3.00 bits per heavy atom. The number of carbonyl (C=O) groups excluding carboxylic acids is 1. The average Bonchev–Trinajstić information content (AvgIpc) is 3.07. The minimum atomic E-state index is 0.0123. The van der Waals surface area contributed by atoms with E-state index in [-0.39, 0.29) is 5.91 Å². The van der Waals surface area contributed by atoms with E-state index in [2.05, 4.69) is 38.0 Å². The molecule has 0 aliphatic carbocycles. The lowest BCUT2D eigenvalue weighted by molar-refractivity contribution is -0.117. The molecule has 6 nitrogen and oxygen atoms in total. The largest absolute Gasteiger partial charge is 0.324 e. The molecule has 0 aromatic carbocycles. The maximum atomic E-state index is 12.2. The minimum absolute atomic E-state index is 0.0123. The van der Waals surface area contributed by atoms with Gasteiger partial charge in [-0.2, -0.15) is 5.10 Å². The molecule has 0 saturated carbocycles. The fourth-order valence-corrected chi connectivity index (χ4v) is 3.19. The predicted molar refractivity (Wildman–Crippen MR) is 89.2 cm³/mol. The SMILES string of the molecule is Cc1cc(C)n(C[C@@H]2CCCN2CC(=O)Nc2cccnc2)n1. The summed E-state index contributed by atoms with van der Waals surface area (Å²) < 4.78 is 2.05. The van der Waals surface area contributed by atoms with E-state index < -0.39 is 0 Å². The number of aromatic nitrogens is 3. The summed E-state index contributed by atoms with van der Waals surface area (Å²) in [6.07, 6.45) is 5.60. The first-order chi connectivity index (χ1) is 11.1. The Kier molecular flexibility index (Phi) is 4.71. The van der Waals surface area contributed by atoms with E-state index in [0.717, 1.165) is 37.3 Å². The summed E-state index contributed by atoms with van der Waals surface area (Å²) in [6.45, 7) is 6.31. The third-order valence-electron chi connectivity index (χ3n) is 4.28. The monoisotopic (exact) mass is 313 g/mol. The summed E-state index contributed by atoms with van der Waals surface area (Å²) in [7, 11) is 0. The number of hydrogen-bond donors (Lipinski definition) is 1. The van der Waals surface area contributed by atoms with Crippen LogP contribution in [-0.2, 0) is 11.3 Å². The summed E-state index contributed by atoms with van der Waals surface area (Å²) >= 11 is 0. The van der Waals surface area contributed by atoms with Crippen molar-refractivity contribution in [2.75, 3.05) is 18.4 Å². The molecule has 0 radical (unpaired) electrons. The third-order valence-corrected chi connectivity index (χ3v) is 4.28. The van der Waals surface area contributed by atoms with Crippen LogP contribution >= 0.6 is 0 Å². The van der Waals surface area contributed by atoms with Crippen LogP contribution in [0.3, 0.4) is 0 Å². The Morgan fingerprint density at radius 1 is 1.43 bits per heavy atom. The number of rotatable bonds is 5. The van der Waals surface area contributed by atoms with Gasteiger partial charge in [-0.3, -0.25) is 19.4 Å². The van der Waals surface area contributed by atoms with E-state index in [9.17, 15) is 4.79 Å². The van der Waals surface area contributed by atoms with Crippen molar-refractivity contribution in [3.05, 3.63) is 42.0 Å². The number of pyridine rings is 1. The van der Waals surface area contributed by atoms with Crippen LogP contribution in [0.25, 0.3) is 0 Å². The van der Waals surface area contributed by atoms with E-state index >= 15 is 0 Å². The number of amides is 1. The molecule has 0 bridgehead atoms. The number of aryl methyl sites for hydroxylation is 2. The van der Waals surface area contributed by atoms with Gasteiger partial charge in [0, 0.05) is 17.9 Å². The smallest absolute Gasteiger partial charge is 0.238 e. The van der Waals surface area contributed by atoms with Gasteiger partial charge in [0.25, 0.3) is 0 Å². The van der Waals surface area contributed by atoms with E-state index in [4.69, 9.17) is 0 Å². The molecule has 1 atom stereocenters. The number of carbonyl (C=O) groups is 1. The van der Waals surface area contributed by atoms with Crippen LogP contribution in [0.5, 0.6) is 0 Å². The van der Waals surface area contributed by atoms with Gasteiger partial charge in [0.2, 0.25) is 5.91 Å². The second-order valence-electron chi connectivity index (χ2n) is 6.17. The highest BCUT2D eigenvalue weighted by atomic mass is 16.2. The van der Waals surface area contributed by atoms with Gasteiger partial charge in [0.1, 0.15) is 0 Å². The number of likely N-dealkylation sites (tertiary alicyclic amines) is 1. The number of anilines is 1. The van der Waals surface area contributed by atoms with Crippen molar-refractivity contribution in [1.82, 2.24) is 19.7 Å². The van der Waals surface area contributed by atoms with Crippen LogP contribution in [0.2, 0.25) is 0 Å². The lowest BCUT2D eigenvalue weighted by Gasteiger charge is -2.24. The van der Waals surface area contributed by atoms with Crippen molar-refractivity contribution >= 4 is 11.6 Å². The standard InChI is InChI=1S/C17H23N5O/c1-13-9-14(2)22(20-13)11-16-6-4-8-21(16)12-17(23)19-15-5-3-7-18-10-15/h3,5,7,9-10,16H,4,6,8,11-12H2,1-2H3,(H,19,23)/t16-/m0/s1. The molecule has 1 amide bonds. The Morgan fingerprint density at radius 2 is 2.30 bits per heavy atom. The third kappa shape index (κ3) is 3.96. The van der Waals surface area contributed by atoms with Gasteiger partial charge in [-0.25, -0.2) is 0 Å². The van der Waals surface area contributed by atoms with Crippen LogP contribution in [0.1, 0.15) is 24.2 Å². The molecule has 122 valence electrons. The van der Waals surface area contributed by atoms with E-state index in [1.165, 1.54) is 5.69 Å². The molecule has 1 aliphatic rings. The van der Waals surface area contributed by atoms with Gasteiger partial charge < -0.3 is 5.32 Å². The zero-order valence-electron chi connectivity index (χ0n) is 13.7. The zero-order chi connectivity index (χ0) is 16.2. The highest BCUT2D eigenvalue weighted by molar-refractivity contribution is 5.92. The molecule has 0 spiro atoms. The highest BCUT2D eigenvalue weighted by Crippen LogP contribution is 2.19. The molecule has 2 aromatic rings. The van der Waals surface area contributed by atoms with Crippen molar-refractivity contribution in [1.29, 1.82) is 0 Å². The Hall–Kier alpha value is -2.21. The molecule has 1 N–H and O–H groups in total. The molecule has 0 unspecified atom stereocenters. The molecule has 2 aromatic heterocycles. The quantitative estimate of drug-likeness (QED) is 0.917. The van der Waals surface area contributed by atoms with Crippen LogP contribution < -0.4 is 5.32 Å². The molecular formula is C17H23N5O. The van der Waals surface area contributed by atoms with E-state index in [1.807, 2.05) is 19.1 Å². The summed E-state index contributed by atoms with van der Waals surface area (Å²) in [5.74, 6) is 0.0123. The molecule has 23 heavy (non-hydrogen) atoms. The van der Waals surface area contributed by atoms with Gasteiger partial charge in [-0.1, -0.05) is 0 Å². The molecule has 3 rings (SSSR count). The minimum Gasteiger partial charge on any atom is -0.324 e. The topological polar surface area (TPSA) is 63.1 Å². The summed E-state index contributed by atoms with van der Waals surface area (Å²) in [5, 5.41) is 7.44. The first-order valence-corrected chi connectivity index (χ1v) is 8.07. The number of hydrogen-bond acceptors (Lipinski definition) is 4. The van der Waals surface area contributed by atoms with Gasteiger partial charge in [-0.15, -0.1) is 0 Å². The maximum absolute atomic E-state index is 12.2. The highest BCUT2D eigenvalue weighted by Gasteiger charge is 2.27. The van der Waals surface area contributed by atoms with Crippen molar-refractivity contribution in [3.8, 4) is 0 Å². The molecule has 3 heterocycles. The summed E-state index contributed by atoms with van der Waals surface area (Å²) in [6, 6.07) is 6.13. The second-order valence-corrected chi connectivity index (χ2v) is 6.17. The van der Waals surface area contributed by atoms with Gasteiger partial charge in [-0.05, 0) is 51.4 Å². The van der Waals surface area contributed by atoms with Gasteiger partial charge in [0.15, 0.2) is 0 Å². The molecule has 1 saturated heterocycles. The lowest BCUT2D eigenvalue weighted by Crippen LogP contribution is -2.39. The first-order valence-electron chi connectivity index (χ1n) is 8.07. The molecular weight excluding hydrogens is 290 g/mol. The lowest BCUT2D eigenvalue weighted by atomic mass is 10.2. The van der Waals surface area contributed by atoms with Crippen LogP contribution in [0.4, 0.5) is 5.69 Å². The van der Waals surface area contributed by atoms with Gasteiger partial charge >= 0.3 is 0 Å². The zero-order valence-corrected chi connectivity index (χ0v) is 13.7. The second kappa shape index (κ2) is 6.91. The molecule has 1 fully saturated rings. The number of nitrogens with zero attached hydrogens (tertiary/aromatic N) is 4. The van der Waals surface area contributed by atoms with Crippen molar-refractivity contribution in [3.63, 3.8) is 0 Å². The van der Waals surface area contributed by atoms with Crippen molar-refractivity contribution in [2.45, 2.75) is 39.3 Å². The summed E-state index contributed by atoms with van der Waals surface area (Å²) in [5.41, 5.74) is 2.96. The normalized spacial score (nSPS) is 18.3. The maximum Gasteiger partial charge on any atom is 0.238 e. The Balaban J connectivity index is 1.58. The van der Waals surface area contributed by atoms with E-state index in [0.29, 0.717) is 12.6 Å². The summed E-state index contributed by atoms with van der Waals surface area (Å²) in [4.78, 5) is 18.5.